The molecule has 5 heteroatoms. The fourth-order valence-corrected chi connectivity index (χ4v) is 2.17. The third-order valence-electron chi connectivity index (χ3n) is 2.88. The molecule has 0 aliphatic carbocycles. The van der Waals surface area contributed by atoms with E-state index in [1.54, 1.807) is 6.20 Å². The number of nitrogens with zero attached hydrogens (tertiary/aromatic N) is 4. The van der Waals surface area contributed by atoms with E-state index in [1.807, 2.05) is 19.4 Å². The smallest absolute Gasteiger partial charge is 0.203 e. The lowest BCUT2D eigenvalue weighted by molar-refractivity contribution is 0.521. The van der Waals surface area contributed by atoms with Gasteiger partial charge < -0.3 is 14.5 Å². The summed E-state index contributed by atoms with van der Waals surface area (Å²) in [7, 11) is 0. The molecular formula is C14H23N5. The summed E-state index contributed by atoms with van der Waals surface area (Å²) in [6.45, 7) is 10.5. The third-order valence-corrected chi connectivity index (χ3v) is 2.88. The Balaban J connectivity index is 2.01. The second kappa shape index (κ2) is 5.91. The zero-order valence-corrected chi connectivity index (χ0v) is 12.2. The molecule has 0 saturated heterocycles. The molecule has 0 spiro atoms. The van der Waals surface area contributed by atoms with Crippen LogP contribution in [-0.2, 0) is 13.1 Å². The van der Waals surface area contributed by atoms with Crippen LogP contribution in [0.25, 0.3) is 0 Å². The van der Waals surface area contributed by atoms with E-state index in [0.29, 0.717) is 12.0 Å². The van der Waals surface area contributed by atoms with Gasteiger partial charge in [0.1, 0.15) is 0 Å². The molecule has 0 amide bonds. The summed E-state index contributed by atoms with van der Waals surface area (Å²) in [5.41, 5.74) is 1.05. The summed E-state index contributed by atoms with van der Waals surface area (Å²) < 4.78 is 4.27. The van der Waals surface area contributed by atoms with Crippen LogP contribution in [0.2, 0.25) is 0 Å². The van der Waals surface area contributed by atoms with Crippen LogP contribution in [0.4, 0.5) is 5.95 Å². The van der Waals surface area contributed by atoms with E-state index >= 15 is 0 Å². The Bertz CT molecular complexity index is 498. The molecule has 0 bridgehead atoms. The lowest BCUT2D eigenvalue weighted by atomic mass is 10.2. The van der Waals surface area contributed by atoms with Gasteiger partial charge in [0.2, 0.25) is 5.95 Å². The number of aromatic nitrogens is 4. The molecule has 2 aromatic rings. The lowest BCUT2D eigenvalue weighted by Gasteiger charge is -2.17. The van der Waals surface area contributed by atoms with Crippen LogP contribution in [0.5, 0.6) is 0 Å². The molecule has 1 unspecified atom stereocenters. The first-order valence-electron chi connectivity index (χ1n) is 6.80. The zero-order valence-electron chi connectivity index (χ0n) is 12.2. The third kappa shape index (κ3) is 3.84. The molecule has 0 saturated carbocycles. The number of imidazole rings is 2. The fraction of sp³-hybridized carbons (Fsp3) is 0.571. The number of hydrogen-bond donors (Lipinski definition) is 1. The normalized spacial score (nSPS) is 12.9. The summed E-state index contributed by atoms with van der Waals surface area (Å²) in [6.07, 6.45) is 7.72. The number of nitrogens with one attached hydrogen (secondary N) is 1. The standard InChI is InChI=1S/C14H23N5/c1-11(2)7-19-9-13(4)17-14(19)16-12(3)8-18-6-5-15-10-18/h5-6,9-12H,7-8H2,1-4H3,(H,16,17). The van der Waals surface area contributed by atoms with Gasteiger partial charge in [-0.3, -0.25) is 0 Å². The molecule has 5 nitrogen and oxygen atoms in total. The molecule has 0 radical (unpaired) electrons. The van der Waals surface area contributed by atoms with E-state index in [2.05, 4.69) is 51.4 Å². The molecule has 0 fully saturated rings. The Morgan fingerprint density at radius 2 is 2.05 bits per heavy atom. The van der Waals surface area contributed by atoms with Crippen molar-refractivity contribution in [3.8, 4) is 0 Å². The average Bonchev–Trinajstić information content (AvgIpc) is 2.89. The van der Waals surface area contributed by atoms with E-state index in [1.165, 1.54) is 0 Å². The van der Waals surface area contributed by atoms with Crippen molar-refractivity contribution in [2.45, 2.75) is 46.8 Å². The first kappa shape index (κ1) is 13.6. The van der Waals surface area contributed by atoms with E-state index < -0.39 is 0 Å². The molecule has 1 N–H and O–H groups in total. The second-order valence-corrected chi connectivity index (χ2v) is 5.56. The van der Waals surface area contributed by atoms with E-state index in [9.17, 15) is 0 Å². The minimum atomic E-state index is 0.307. The van der Waals surface area contributed by atoms with Crippen molar-refractivity contribution in [3.63, 3.8) is 0 Å². The topological polar surface area (TPSA) is 47.7 Å². The summed E-state index contributed by atoms with van der Waals surface area (Å²) in [4.78, 5) is 8.62. The summed E-state index contributed by atoms with van der Waals surface area (Å²) >= 11 is 0. The van der Waals surface area contributed by atoms with Gasteiger partial charge in [0, 0.05) is 37.7 Å². The molecule has 19 heavy (non-hydrogen) atoms. The highest BCUT2D eigenvalue weighted by Crippen LogP contribution is 2.13. The highest BCUT2D eigenvalue weighted by molar-refractivity contribution is 5.30. The molecular weight excluding hydrogens is 238 g/mol. The van der Waals surface area contributed by atoms with Gasteiger partial charge in [-0.05, 0) is 19.8 Å². The first-order chi connectivity index (χ1) is 9.04. The van der Waals surface area contributed by atoms with Gasteiger partial charge in [-0.1, -0.05) is 13.8 Å². The SMILES string of the molecule is Cc1cn(CC(C)C)c(NC(C)Cn2ccnc2)n1. The van der Waals surface area contributed by atoms with E-state index in [0.717, 1.165) is 24.7 Å². The lowest BCUT2D eigenvalue weighted by Crippen LogP contribution is -2.23. The number of rotatable bonds is 6. The van der Waals surface area contributed by atoms with Crippen molar-refractivity contribution < 1.29 is 0 Å². The molecule has 0 aromatic carbocycles. The highest BCUT2D eigenvalue weighted by atomic mass is 15.2. The van der Waals surface area contributed by atoms with Crippen LogP contribution >= 0.6 is 0 Å². The van der Waals surface area contributed by atoms with Crippen LogP contribution in [0, 0.1) is 12.8 Å². The van der Waals surface area contributed by atoms with Crippen LogP contribution < -0.4 is 5.32 Å². The quantitative estimate of drug-likeness (QED) is 0.869. The largest absolute Gasteiger partial charge is 0.351 e. The van der Waals surface area contributed by atoms with Crippen molar-refractivity contribution in [2.75, 3.05) is 5.32 Å². The minimum Gasteiger partial charge on any atom is -0.351 e. The maximum absolute atomic E-state index is 4.56. The van der Waals surface area contributed by atoms with Crippen molar-refractivity contribution in [1.82, 2.24) is 19.1 Å². The van der Waals surface area contributed by atoms with Crippen molar-refractivity contribution in [3.05, 3.63) is 30.6 Å². The van der Waals surface area contributed by atoms with E-state index in [4.69, 9.17) is 0 Å². The highest BCUT2D eigenvalue weighted by Gasteiger charge is 2.10. The molecule has 2 aromatic heterocycles. The number of anilines is 1. The molecule has 1 atom stereocenters. The fourth-order valence-electron chi connectivity index (χ4n) is 2.17. The van der Waals surface area contributed by atoms with Crippen LogP contribution in [0.1, 0.15) is 26.5 Å². The Labute approximate surface area is 114 Å². The van der Waals surface area contributed by atoms with Gasteiger partial charge >= 0.3 is 0 Å². The van der Waals surface area contributed by atoms with Crippen LogP contribution in [-0.4, -0.2) is 25.1 Å². The number of aryl methyl sites for hydroxylation is 1. The van der Waals surface area contributed by atoms with Crippen LogP contribution in [0.3, 0.4) is 0 Å². The summed E-state index contributed by atoms with van der Waals surface area (Å²) in [6, 6.07) is 0.307. The van der Waals surface area contributed by atoms with E-state index in [-0.39, 0.29) is 0 Å². The van der Waals surface area contributed by atoms with Gasteiger partial charge in [-0.2, -0.15) is 0 Å². The van der Waals surface area contributed by atoms with Gasteiger partial charge in [0.25, 0.3) is 0 Å². The van der Waals surface area contributed by atoms with Crippen LogP contribution in [0.15, 0.2) is 24.9 Å². The van der Waals surface area contributed by atoms with Gasteiger partial charge in [-0.15, -0.1) is 0 Å². The van der Waals surface area contributed by atoms with Gasteiger partial charge in [0.05, 0.1) is 12.0 Å². The second-order valence-electron chi connectivity index (χ2n) is 5.56. The zero-order chi connectivity index (χ0) is 13.8. The molecule has 0 aliphatic heterocycles. The molecule has 0 aliphatic rings. The predicted molar refractivity (Wildman–Crippen MR) is 77.1 cm³/mol. The molecule has 2 heterocycles. The average molecular weight is 261 g/mol. The first-order valence-corrected chi connectivity index (χ1v) is 6.80. The Morgan fingerprint density at radius 3 is 2.68 bits per heavy atom. The molecule has 104 valence electrons. The summed E-state index contributed by atoms with van der Waals surface area (Å²) in [5, 5.41) is 3.48. The maximum Gasteiger partial charge on any atom is 0.203 e. The maximum atomic E-state index is 4.56. The predicted octanol–water partition coefficient (Wildman–Crippen LogP) is 2.54. The van der Waals surface area contributed by atoms with Gasteiger partial charge in [-0.25, -0.2) is 9.97 Å². The molecule has 2 rings (SSSR count). The Kier molecular flexibility index (Phi) is 4.24. The van der Waals surface area contributed by atoms with Gasteiger partial charge in [0.15, 0.2) is 0 Å². The minimum absolute atomic E-state index is 0.307. The monoisotopic (exact) mass is 261 g/mol. The van der Waals surface area contributed by atoms with Crippen molar-refractivity contribution in [2.24, 2.45) is 5.92 Å². The number of hydrogen-bond acceptors (Lipinski definition) is 3. The van der Waals surface area contributed by atoms with Crippen molar-refractivity contribution >= 4 is 5.95 Å². The Hall–Kier alpha value is -1.78. The van der Waals surface area contributed by atoms with Crippen molar-refractivity contribution in [1.29, 1.82) is 0 Å². The summed E-state index contributed by atoms with van der Waals surface area (Å²) in [5.74, 6) is 1.57. The Morgan fingerprint density at radius 1 is 1.26 bits per heavy atom.